The van der Waals surface area contributed by atoms with Crippen LogP contribution in [-0.2, 0) is 4.79 Å². The van der Waals surface area contributed by atoms with E-state index in [2.05, 4.69) is 5.32 Å². The van der Waals surface area contributed by atoms with Crippen LogP contribution in [0.3, 0.4) is 0 Å². The van der Waals surface area contributed by atoms with Crippen LogP contribution in [0.25, 0.3) is 0 Å². The zero-order valence-corrected chi connectivity index (χ0v) is 10.6. The summed E-state index contributed by atoms with van der Waals surface area (Å²) in [6.07, 6.45) is -3.65. The van der Waals surface area contributed by atoms with Gasteiger partial charge in [-0.3, -0.25) is 9.69 Å². The van der Waals surface area contributed by atoms with Gasteiger partial charge < -0.3 is 10.2 Å². The Hall–Kier alpha value is -0.820. The molecule has 1 aliphatic rings. The Balaban J connectivity index is 2.46. The average Bonchev–Trinajstić information content (AvgIpc) is 2.28. The van der Waals surface area contributed by atoms with Gasteiger partial charge in [0.15, 0.2) is 0 Å². The summed E-state index contributed by atoms with van der Waals surface area (Å²) >= 11 is 0. The fraction of sp³-hybridized carbons (Fsp3) is 0.909. The summed E-state index contributed by atoms with van der Waals surface area (Å²) in [5, 5.41) is 3.10. The maximum atomic E-state index is 12.3. The number of carbonyl (C=O) groups excluding carboxylic acids is 1. The van der Waals surface area contributed by atoms with Gasteiger partial charge in [-0.25, -0.2) is 0 Å². The molecule has 1 N–H and O–H groups in total. The van der Waals surface area contributed by atoms with Gasteiger partial charge in [0, 0.05) is 26.2 Å². The van der Waals surface area contributed by atoms with Crippen molar-refractivity contribution in [3.8, 4) is 0 Å². The van der Waals surface area contributed by atoms with Crippen molar-refractivity contribution in [2.75, 3.05) is 45.8 Å². The summed E-state index contributed by atoms with van der Waals surface area (Å²) in [7, 11) is 0. The maximum absolute atomic E-state index is 12.3. The third-order valence-electron chi connectivity index (χ3n) is 2.77. The number of nitrogens with one attached hydrogen (secondary N) is 1. The van der Waals surface area contributed by atoms with E-state index >= 15 is 0 Å². The van der Waals surface area contributed by atoms with E-state index in [0.717, 1.165) is 0 Å². The molecule has 0 aliphatic carbocycles. The molecule has 1 amide bonds. The molecule has 0 aromatic rings. The lowest BCUT2D eigenvalue weighted by molar-refractivity contribution is -0.151. The van der Waals surface area contributed by atoms with Gasteiger partial charge in [-0.1, -0.05) is 6.92 Å². The van der Waals surface area contributed by atoms with Crippen LogP contribution in [0.15, 0.2) is 0 Å². The van der Waals surface area contributed by atoms with E-state index in [9.17, 15) is 18.0 Å². The predicted octanol–water partition coefficient (Wildman–Crippen LogP) is 0.692. The van der Waals surface area contributed by atoms with E-state index in [1.165, 1.54) is 4.90 Å². The molecule has 1 aliphatic heterocycles. The molecule has 1 heterocycles. The van der Waals surface area contributed by atoms with Crippen LogP contribution in [0.2, 0.25) is 0 Å². The second-order valence-electron chi connectivity index (χ2n) is 4.46. The lowest BCUT2D eigenvalue weighted by atomic mass is 10.3. The number of piperazine rings is 1. The quantitative estimate of drug-likeness (QED) is 0.796. The molecule has 106 valence electrons. The van der Waals surface area contributed by atoms with Gasteiger partial charge in [0.05, 0.1) is 13.1 Å². The minimum absolute atomic E-state index is 0.145. The van der Waals surface area contributed by atoms with Crippen LogP contribution >= 0.6 is 0 Å². The molecule has 1 rings (SSSR count). The number of alkyl halides is 3. The fourth-order valence-corrected chi connectivity index (χ4v) is 1.99. The van der Waals surface area contributed by atoms with Crippen LogP contribution in [0.5, 0.6) is 0 Å². The van der Waals surface area contributed by atoms with Crippen molar-refractivity contribution in [3.63, 3.8) is 0 Å². The zero-order chi connectivity index (χ0) is 13.6. The molecular formula is C11H20F3N3O. The Kier molecular flexibility index (Phi) is 5.87. The fourth-order valence-electron chi connectivity index (χ4n) is 1.99. The van der Waals surface area contributed by atoms with E-state index in [4.69, 9.17) is 0 Å². The molecule has 0 bridgehead atoms. The molecule has 0 aromatic carbocycles. The standard InChI is InChI=1S/C11H20F3N3O/c1-2-5-16(9-11(12,13)14)8-10(18)17-6-3-15-4-7-17/h15H,2-9H2,1H3. The molecule has 1 saturated heterocycles. The largest absolute Gasteiger partial charge is 0.401 e. The molecule has 0 unspecified atom stereocenters. The first-order chi connectivity index (χ1) is 8.42. The van der Waals surface area contributed by atoms with Gasteiger partial charge in [-0.05, 0) is 13.0 Å². The molecule has 0 spiro atoms. The minimum Gasteiger partial charge on any atom is -0.339 e. The van der Waals surface area contributed by atoms with E-state index in [-0.39, 0.29) is 19.0 Å². The summed E-state index contributed by atoms with van der Waals surface area (Å²) in [5.74, 6) is -0.214. The Morgan fingerprint density at radius 3 is 2.44 bits per heavy atom. The third kappa shape index (κ3) is 5.68. The molecule has 0 aromatic heterocycles. The smallest absolute Gasteiger partial charge is 0.339 e. The number of amides is 1. The molecule has 0 atom stereocenters. The highest BCUT2D eigenvalue weighted by Crippen LogP contribution is 2.16. The Bertz CT molecular complexity index is 265. The molecule has 0 radical (unpaired) electrons. The SMILES string of the molecule is CCCN(CC(=O)N1CCNCC1)CC(F)(F)F. The van der Waals surface area contributed by atoms with Gasteiger partial charge in [-0.15, -0.1) is 0 Å². The average molecular weight is 267 g/mol. The Morgan fingerprint density at radius 1 is 1.33 bits per heavy atom. The highest BCUT2D eigenvalue weighted by atomic mass is 19.4. The normalized spacial score (nSPS) is 17.3. The molecule has 18 heavy (non-hydrogen) atoms. The first-order valence-electron chi connectivity index (χ1n) is 6.20. The van der Waals surface area contributed by atoms with Gasteiger partial charge in [0.25, 0.3) is 0 Å². The van der Waals surface area contributed by atoms with Crippen LogP contribution in [0.1, 0.15) is 13.3 Å². The highest BCUT2D eigenvalue weighted by Gasteiger charge is 2.31. The highest BCUT2D eigenvalue weighted by molar-refractivity contribution is 5.78. The van der Waals surface area contributed by atoms with Crippen molar-refractivity contribution in [3.05, 3.63) is 0 Å². The number of rotatable bonds is 5. The molecule has 1 fully saturated rings. The Morgan fingerprint density at radius 2 is 1.94 bits per heavy atom. The van der Waals surface area contributed by atoms with E-state index in [0.29, 0.717) is 32.6 Å². The second-order valence-corrected chi connectivity index (χ2v) is 4.46. The summed E-state index contributed by atoms with van der Waals surface area (Å²) in [6.45, 7) is 3.50. The summed E-state index contributed by atoms with van der Waals surface area (Å²) in [5.41, 5.74) is 0. The monoisotopic (exact) mass is 267 g/mol. The first-order valence-corrected chi connectivity index (χ1v) is 6.20. The molecule has 7 heteroatoms. The second kappa shape index (κ2) is 6.94. The van der Waals surface area contributed by atoms with Crippen molar-refractivity contribution >= 4 is 5.91 Å². The van der Waals surface area contributed by atoms with E-state index in [1.54, 1.807) is 11.8 Å². The van der Waals surface area contributed by atoms with Crippen LogP contribution in [0.4, 0.5) is 13.2 Å². The Labute approximate surface area is 105 Å². The topological polar surface area (TPSA) is 35.6 Å². The lowest BCUT2D eigenvalue weighted by Crippen LogP contribution is -2.50. The number of hydrogen-bond donors (Lipinski definition) is 1. The van der Waals surface area contributed by atoms with Crippen molar-refractivity contribution in [2.45, 2.75) is 19.5 Å². The lowest BCUT2D eigenvalue weighted by Gasteiger charge is -2.30. The van der Waals surface area contributed by atoms with Gasteiger partial charge in [-0.2, -0.15) is 13.2 Å². The van der Waals surface area contributed by atoms with E-state index < -0.39 is 12.7 Å². The summed E-state index contributed by atoms with van der Waals surface area (Å²) in [4.78, 5) is 14.6. The van der Waals surface area contributed by atoms with Gasteiger partial charge in [0.2, 0.25) is 5.91 Å². The van der Waals surface area contributed by atoms with Crippen LogP contribution in [0, 0.1) is 0 Å². The summed E-state index contributed by atoms with van der Waals surface area (Å²) in [6, 6.07) is 0. The molecule has 4 nitrogen and oxygen atoms in total. The number of nitrogens with zero attached hydrogens (tertiary/aromatic N) is 2. The number of carbonyl (C=O) groups is 1. The van der Waals surface area contributed by atoms with Gasteiger partial charge >= 0.3 is 6.18 Å². The summed E-state index contributed by atoms with van der Waals surface area (Å²) < 4.78 is 37.0. The van der Waals surface area contributed by atoms with Crippen molar-refractivity contribution < 1.29 is 18.0 Å². The third-order valence-corrected chi connectivity index (χ3v) is 2.77. The van der Waals surface area contributed by atoms with Crippen molar-refractivity contribution in [1.82, 2.24) is 15.1 Å². The van der Waals surface area contributed by atoms with E-state index in [1.807, 2.05) is 0 Å². The molecule has 0 saturated carbocycles. The van der Waals surface area contributed by atoms with Crippen molar-refractivity contribution in [2.24, 2.45) is 0 Å². The first kappa shape index (κ1) is 15.2. The van der Waals surface area contributed by atoms with Crippen LogP contribution in [-0.4, -0.2) is 67.7 Å². The predicted molar refractivity (Wildman–Crippen MR) is 62.2 cm³/mol. The zero-order valence-electron chi connectivity index (χ0n) is 10.6. The number of halogens is 3. The minimum atomic E-state index is -4.25. The molecular weight excluding hydrogens is 247 g/mol. The van der Waals surface area contributed by atoms with Gasteiger partial charge in [0.1, 0.15) is 0 Å². The number of hydrogen-bond acceptors (Lipinski definition) is 3. The maximum Gasteiger partial charge on any atom is 0.401 e. The van der Waals surface area contributed by atoms with Crippen molar-refractivity contribution in [1.29, 1.82) is 0 Å². The van der Waals surface area contributed by atoms with Crippen LogP contribution < -0.4 is 5.32 Å².